The number of amides is 2. The molecule has 144 valence electrons. The van der Waals surface area contributed by atoms with Gasteiger partial charge in [-0.25, -0.2) is 4.79 Å². The fourth-order valence-corrected chi connectivity index (χ4v) is 3.44. The number of halogens is 2. The van der Waals surface area contributed by atoms with Gasteiger partial charge in [0.15, 0.2) is 0 Å². The first kappa shape index (κ1) is 20.0. The van der Waals surface area contributed by atoms with Crippen molar-refractivity contribution in [3.63, 3.8) is 0 Å². The average molecular weight is 407 g/mol. The molecule has 0 unspecified atom stereocenters. The van der Waals surface area contributed by atoms with Crippen LogP contribution in [0, 0.1) is 0 Å². The molecule has 0 atom stereocenters. The maximum atomic E-state index is 12.2. The molecular formula is C21H24Cl2N2O2. The van der Waals surface area contributed by atoms with Crippen LogP contribution in [0.1, 0.15) is 38.0 Å². The zero-order chi connectivity index (χ0) is 19.6. The highest BCUT2D eigenvalue weighted by Crippen LogP contribution is 2.36. The summed E-state index contributed by atoms with van der Waals surface area (Å²) in [4.78, 5) is 14.0. The molecule has 6 heteroatoms. The van der Waals surface area contributed by atoms with Gasteiger partial charge < -0.3 is 15.0 Å². The normalized spacial score (nSPS) is 15.0. The average Bonchev–Trinajstić information content (AvgIpc) is 2.54. The van der Waals surface area contributed by atoms with Crippen LogP contribution < -0.4 is 5.32 Å². The second-order valence-corrected chi connectivity index (χ2v) is 8.58. The Bertz CT molecular complexity index is 768. The van der Waals surface area contributed by atoms with Crippen molar-refractivity contribution >= 4 is 29.2 Å². The zero-order valence-corrected chi connectivity index (χ0v) is 17.2. The first-order valence-corrected chi connectivity index (χ1v) is 9.71. The first-order chi connectivity index (χ1) is 12.7. The standard InChI is InChI=1S/C21H24Cl2N2O2/c1-21(2,3)24-20(26)25-12-14(13-25)27-19(15-8-4-6-10-17(15)22)16-9-5-7-11-18(16)23/h4-11,14,19H,12-13H2,1-3H3,(H,24,26). The zero-order valence-electron chi connectivity index (χ0n) is 15.7. The van der Waals surface area contributed by atoms with E-state index in [1.165, 1.54) is 0 Å². The van der Waals surface area contributed by atoms with Gasteiger partial charge in [0.2, 0.25) is 0 Å². The van der Waals surface area contributed by atoms with Crippen molar-refractivity contribution in [3.8, 4) is 0 Å². The van der Waals surface area contributed by atoms with Gasteiger partial charge in [-0.15, -0.1) is 0 Å². The predicted octanol–water partition coefficient (Wildman–Crippen LogP) is 5.29. The summed E-state index contributed by atoms with van der Waals surface area (Å²) in [7, 11) is 0. The minimum Gasteiger partial charge on any atom is -0.362 e. The molecule has 27 heavy (non-hydrogen) atoms. The summed E-state index contributed by atoms with van der Waals surface area (Å²) in [6.07, 6.45) is -0.460. The van der Waals surface area contributed by atoms with Crippen LogP contribution in [0.15, 0.2) is 48.5 Å². The number of likely N-dealkylation sites (tertiary alicyclic amines) is 1. The lowest BCUT2D eigenvalue weighted by atomic mass is 10.00. The highest BCUT2D eigenvalue weighted by Gasteiger charge is 2.35. The fraction of sp³-hybridized carbons (Fsp3) is 0.381. The topological polar surface area (TPSA) is 41.6 Å². The molecule has 3 rings (SSSR count). The third-order valence-electron chi connectivity index (χ3n) is 4.32. The van der Waals surface area contributed by atoms with Crippen LogP contribution in [0.4, 0.5) is 4.79 Å². The monoisotopic (exact) mass is 406 g/mol. The van der Waals surface area contributed by atoms with Crippen molar-refractivity contribution in [2.75, 3.05) is 13.1 Å². The van der Waals surface area contributed by atoms with E-state index in [1.54, 1.807) is 4.90 Å². The number of hydrogen-bond donors (Lipinski definition) is 1. The Hall–Kier alpha value is -1.75. The van der Waals surface area contributed by atoms with Crippen molar-refractivity contribution in [2.24, 2.45) is 0 Å². The molecule has 0 saturated carbocycles. The van der Waals surface area contributed by atoms with E-state index >= 15 is 0 Å². The summed E-state index contributed by atoms with van der Waals surface area (Å²) in [6.45, 7) is 6.96. The molecule has 0 spiro atoms. The summed E-state index contributed by atoms with van der Waals surface area (Å²) in [5, 5.41) is 4.22. The molecule has 1 aliphatic rings. The molecule has 2 aromatic carbocycles. The third-order valence-corrected chi connectivity index (χ3v) is 5.01. The van der Waals surface area contributed by atoms with E-state index in [-0.39, 0.29) is 23.8 Å². The first-order valence-electron chi connectivity index (χ1n) is 8.96. The van der Waals surface area contributed by atoms with E-state index in [1.807, 2.05) is 69.3 Å². The number of hydrogen-bond acceptors (Lipinski definition) is 2. The van der Waals surface area contributed by atoms with Gasteiger partial charge in [-0.05, 0) is 32.9 Å². The van der Waals surface area contributed by atoms with E-state index in [0.29, 0.717) is 23.1 Å². The summed E-state index contributed by atoms with van der Waals surface area (Å²) in [5.74, 6) is 0. The van der Waals surface area contributed by atoms with Gasteiger partial charge >= 0.3 is 6.03 Å². The number of nitrogens with zero attached hydrogens (tertiary/aromatic N) is 1. The van der Waals surface area contributed by atoms with Crippen molar-refractivity contribution in [1.82, 2.24) is 10.2 Å². The maximum absolute atomic E-state index is 12.2. The Morgan fingerprint density at radius 2 is 1.52 bits per heavy atom. The van der Waals surface area contributed by atoms with Gasteiger partial charge in [-0.1, -0.05) is 59.6 Å². The van der Waals surface area contributed by atoms with Crippen LogP contribution in [0.2, 0.25) is 10.0 Å². The van der Waals surface area contributed by atoms with E-state index in [4.69, 9.17) is 27.9 Å². The second-order valence-electron chi connectivity index (χ2n) is 7.77. The summed E-state index contributed by atoms with van der Waals surface area (Å²) in [5.41, 5.74) is 1.47. The van der Waals surface area contributed by atoms with E-state index in [0.717, 1.165) is 11.1 Å². The van der Waals surface area contributed by atoms with Crippen molar-refractivity contribution in [3.05, 3.63) is 69.7 Å². The quantitative estimate of drug-likeness (QED) is 0.748. The molecule has 1 fully saturated rings. The van der Waals surface area contributed by atoms with E-state index in [9.17, 15) is 4.79 Å². The van der Waals surface area contributed by atoms with Crippen LogP contribution in [0.25, 0.3) is 0 Å². The van der Waals surface area contributed by atoms with E-state index < -0.39 is 0 Å². The van der Waals surface area contributed by atoms with Gasteiger partial charge in [0.25, 0.3) is 0 Å². The molecule has 1 heterocycles. The summed E-state index contributed by atoms with van der Waals surface area (Å²) >= 11 is 12.8. The van der Waals surface area contributed by atoms with Crippen molar-refractivity contribution < 1.29 is 9.53 Å². The third kappa shape index (κ3) is 4.95. The lowest BCUT2D eigenvalue weighted by molar-refractivity contribution is -0.0650. The molecule has 0 radical (unpaired) electrons. The molecule has 4 nitrogen and oxygen atoms in total. The largest absolute Gasteiger partial charge is 0.362 e. The number of ether oxygens (including phenoxy) is 1. The van der Waals surface area contributed by atoms with Crippen LogP contribution >= 0.6 is 23.2 Å². The molecule has 1 saturated heterocycles. The highest BCUT2D eigenvalue weighted by atomic mass is 35.5. The number of nitrogens with one attached hydrogen (secondary N) is 1. The van der Waals surface area contributed by atoms with Gasteiger partial charge in [-0.3, -0.25) is 0 Å². The van der Waals surface area contributed by atoms with Crippen LogP contribution in [-0.4, -0.2) is 35.7 Å². The van der Waals surface area contributed by atoms with Crippen molar-refractivity contribution in [2.45, 2.75) is 38.5 Å². The van der Waals surface area contributed by atoms with E-state index in [2.05, 4.69) is 5.32 Å². The Morgan fingerprint density at radius 3 is 1.96 bits per heavy atom. The number of urea groups is 1. The summed E-state index contributed by atoms with van der Waals surface area (Å²) < 4.78 is 6.34. The highest BCUT2D eigenvalue weighted by molar-refractivity contribution is 6.32. The van der Waals surface area contributed by atoms with Crippen LogP contribution in [0.5, 0.6) is 0 Å². The predicted molar refractivity (Wildman–Crippen MR) is 109 cm³/mol. The number of benzene rings is 2. The maximum Gasteiger partial charge on any atom is 0.317 e. The van der Waals surface area contributed by atoms with Gasteiger partial charge in [-0.2, -0.15) is 0 Å². The van der Waals surface area contributed by atoms with Gasteiger partial charge in [0.1, 0.15) is 6.10 Å². The lowest BCUT2D eigenvalue weighted by Gasteiger charge is -2.42. The molecular weight excluding hydrogens is 383 g/mol. The van der Waals surface area contributed by atoms with Gasteiger partial charge in [0.05, 0.1) is 19.2 Å². The molecule has 0 aliphatic carbocycles. The number of carbonyl (C=O) groups excluding carboxylic acids is 1. The molecule has 2 amide bonds. The Morgan fingerprint density at radius 1 is 1.04 bits per heavy atom. The molecule has 1 N–H and O–H groups in total. The van der Waals surface area contributed by atoms with Gasteiger partial charge in [0, 0.05) is 26.7 Å². The Kier molecular flexibility index (Phi) is 5.99. The number of carbonyl (C=O) groups is 1. The Balaban J connectivity index is 1.74. The fourth-order valence-electron chi connectivity index (χ4n) is 2.97. The molecule has 0 bridgehead atoms. The van der Waals surface area contributed by atoms with Crippen LogP contribution in [0.3, 0.4) is 0 Å². The molecule has 0 aromatic heterocycles. The minimum absolute atomic E-state index is 0.0746. The lowest BCUT2D eigenvalue weighted by Crippen LogP contribution is -2.60. The second kappa shape index (κ2) is 8.09. The van der Waals surface area contributed by atoms with Crippen molar-refractivity contribution in [1.29, 1.82) is 0 Å². The smallest absolute Gasteiger partial charge is 0.317 e. The van der Waals surface area contributed by atoms with Crippen LogP contribution in [-0.2, 0) is 4.74 Å². The molecule has 1 aliphatic heterocycles. The Labute approximate surface area is 170 Å². The summed E-state index contributed by atoms with van der Waals surface area (Å²) in [6, 6.07) is 15.1. The number of rotatable bonds is 4. The minimum atomic E-state index is -0.384. The SMILES string of the molecule is CC(C)(C)NC(=O)N1CC(OC(c2ccccc2Cl)c2ccccc2Cl)C1. The molecule has 2 aromatic rings.